The Labute approximate surface area is 303 Å². The molecular formula is C34H29ClF6N8O3S. The van der Waals surface area contributed by atoms with E-state index in [1.54, 1.807) is 26.2 Å². The molecule has 2 aliphatic rings. The maximum Gasteiger partial charge on any atom is 0.296 e. The van der Waals surface area contributed by atoms with Crippen molar-refractivity contribution in [2.75, 3.05) is 23.3 Å². The zero-order valence-corrected chi connectivity index (χ0v) is 29.5. The molecule has 3 N–H and O–H groups in total. The van der Waals surface area contributed by atoms with E-state index in [1.807, 2.05) is 0 Å². The highest BCUT2D eigenvalue weighted by Gasteiger charge is 2.60. The Morgan fingerprint density at radius 3 is 2.38 bits per heavy atom. The summed E-state index contributed by atoms with van der Waals surface area (Å²) in [6.07, 6.45) is 1.55. The lowest BCUT2D eigenvalue weighted by atomic mass is 9.81. The first-order chi connectivity index (χ1) is 25.0. The number of hydrogen-bond donors (Lipinski definition) is 3. The largest absolute Gasteiger partial charge is 0.387 e. The third-order valence-electron chi connectivity index (χ3n) is 9.24. The highest BCUT2D eigenvalue weighted by Crippen LogP contribution is 2.60. The molecule has 0 fully saturated rings. The van der Waals surface area contributed by atoms with Gasteiger partial charge in [0.25, 0.3) is 12.3 Å². The molecule has 3 aromatic heterocycles. The minimum Gasteiger partial charge on any atom is -0.387 e. The number of carbonyl (C=O) groups is 1. The second-order valence-electron chi connectivity index (χ2n) is 12.8. The summed E-state index contributed by atoms with van der Waals surface area (Å²) in [4.78, 5) is 18.4. The second kappa shape index (κ2) is 13.1. The normalized spacial score (nSPS) is 17.8. The van der Waals surface area contributed by atoms with Gasteiger partial charge in [0, 0.05) is 42.8 Å². The van der Waals surface area contributed by atoms with Crippen LogP contribution in [0.15, 0.2) is 54.7 Å². The number of carbonyl (C=O) groups excluding carboxylic acids is 1. The van der Waals surface area contributed by atoms with Gasteiger partial charge in [0.05, 0.1) is 51.7 Å². The summed E-state index contributed by atoms with van der Waals surface area (Å²) >= 11 is 6.55. The molecule has 7 rings (SSSR count). The van der Waals surface area contributed by atoms with Crippen LogP contribution in [0, 0.1) is 17.6 Å². The highest BCUT2D eigenvalue weighted by molar-refractivity contribution is 7.92. The van der Waals surface area contributed by atoms with Crippen molar-refractivity contribution in [3.63, 3.8) is 0 Å². The molecule has 0 saturated carbocycles. The number of anilines is 2. The second-order valence-corrected chi connectivity index (χ2v) is 15.0. The number of sulfonamides is 1. The minimum atomic E-state index is -3.79. The standard InChI is InChI=1S/C34H29ClF6N8O3S/c1-42-18-12-21(19-5-7-23(35)27-30(19)48(2)46-33(27)47-53(3,51)52)28(43-13-18)24(10-15-8-16(36)11-17(37)9-15)44-25(50)14-49-31-26(29(45-49)32(38)39)20-4-6-22(20)34(31,40)41/h4-9,11-13,20,22,24,32,42H,10,14H2,1-3H3,(H,44,50)(H,46,47)/t20-,22+,24-/m0/s1. The van der Waals surface area contributed by atoms with Crippen LogP contribution in [-0.4, -0.2) is 52.2 Å². The summed E-state index contributed by atoms with van der Waals surface area (Å²) in [5.74, 6) is -8.68. The molecule has 0 spiro atoms. The minimum absolute atomic E-state index is 0.0634. The van der Waals surface area contributed by atoms with Gasteiger partial charge in [0.1, 0.15) is 29.6 Å². The lowest BCUT2D eigenvalue weighted by Gasteiger charge is -2.27. The third-order valence-corrected chi connectivity index (χ3v) is 10.1. The number of allylic oxidation sites excluding steroid dienone is 2. The van der Waals surface area contributed by atoms with E-state index in [1.165, 1.54) is 29.1 Å². The summed E-state index contributed by atoms with van der Waals surface area (Å²) in [6.45, 7) is -0.893. The number of fused-ring (bicyclic) bond motifs is 4. The number of benzene rings is 2. The van der Waals surface area contributed by atoms with Crippen molar-refractivity contribution in [2.45, 2.75) is 37.3 Å². The number of aryl methyl sites for hydroxylation is 1. The van der Waals surface area contributed by atoms with Crippen LogP contribution in [0.25, 0.3) is 22.0 Å². The van der Waals surface area contributed by atoms with Crippen LogP contribution >= 0.6 is 11.6 Å². The number of halogens is 7. The van der Waals surface area contributed by atoms with Gasteiger partial charge >= 0.3 is 0 Å². The zero-order chi connectivity index (χ0) is 38.1. The van der Waals surface area contributed by atoms with E-state index in [0.717, 1.165) is 18.4 Å². The summed E-state index contributed by atoms with van der Waals surface area (Å²) in [5, 5.41) is 14.1. The van der Waals surface area contributed by atoms with E-state index in [2.05, 4.69) is 30.5 Å². The fourth-order valence-electron chi connectivity index (χ4n) is 7.07. The Bertz CT molecular complexity index is 2430. The summed E-state index contributed by atoms with van der Waals surface area (Å²) < 4.78 is 116. The van der Waals surface area contributed by atoms with Gasteiger partial charge in [-0.3, -0.25) is 23.9 Å². The van der Waals surface area contributed by atoms with Crippen LogP contribution in [0.5, 0.6) is 0 Å². The number of nitrogens with one attached hydrogen (secondary N) is 3. The number of alkyl halides is 4. The Morgan fingerprint density at radius 1 is 1.04 bits per heavy atom. The predicted octanol–water partition coefficient (Wildman–Crippen LogP) is 6.59. The van der Waals surface area contributed by atoms with E-state index in [0.29, 0.717) is 33.1 Å². The average Bonchev–Trinajstić information content (AvgIpc) is 3.61. The Kier molecular flexibility index (Phi) is 8.95. The molecule has 19 heteroatoms. The quantitative estimate of drug-likeness (QED) is 0.102. The van der Waals surface area contributed by atoms with Gasteiger partial charge in [-0.1, -0.05) is 29.8 Å². The monoisotopic (exact) mass is 778 g/mol. The maximum absolute atomic E-state index is 15.5. The molecule has 2 aliphatic carbocycles. The Balaban J connectivity index is 1.34. The third kappa shape index (κ3) is 6.47. The maximum atomic E-state index is 15.5. The van der Waals surface area contributed by atoms with Crippen molar-refractivity contribution in [1.82, 2.24) is 29.9 Å². The SMILES string of the molecule is CNc1cnc([C@H](Cc2cc(F)cc(F)c2)NC(=O)Cn2nc(C(F)F)c3c2C(F)(F)[C@@H]2C=C[C@H]32)c(-c2ccc(Cl)c3c(NS(C)(=O)=O)nn(C)c23)c1. The van der Waals surface area contributed by atoms with Crippen LogP contribution in [0.4, 0.5) is 37.8 Å². The van der Waals surface area contributed by atoms with Crippen molar-refractivity contribution in [3.8, 4) is 11.1 Å². The van der Waals surface area contributed by atoms with Gasteiger partial charge in [-0.2, -0.15) is 19.0 Å². The number of nitrogens with zero attached hydrogens (tertiary/aromatic N) is 5. The van der Waals surface area contributed by atoms with Crippen molar-refractivity contribution in [3.05, 3.63) is 99.6 Å². The van der Waals surface area contributed by atoms with Crippen molar-refractivity contribution >= 4 is 49.9 Å². The first-order valence-corrected chi connectivity index (χ1v) is 18.2. The van der Waals surface area contributed by atoms with Gasteiger partial charge in [-0.05, 0) is 36.2 Å². The molecule has 0 radical (unpaired) electrons. The molecule has 3 atom stereocenters. The van der Waals surface area contributed by atoms with E-state index >= 15 is 8.78 Å². The molecule has 11 nitrogen and oxygen atoms in total. The fourth-order valence-corrected chi connectivity index (χ4v) is 7.80. The van der Waals surface area contributed by atoms with Crippen LogP contribution in [0.3, 0.4) is 0 Å². The van der Waals surface area contributed by atoms with E-state index < -0.39 is 75.7 Å². The molecule has 53 heavy (non-hydrogen) atoms. The molecule has 0 bridgehead atoms. The summed E-state index contributed by atoms with van der Waals surface area (Å²) in [6, 6.07) is 6.32. The van der Waals surface area contributed by atoms with Crippen LogP contribution < -0.4 is 15.4 Å². The van der Waals surface area contributed by atoms with E-state index in [9.17, 15) is 30.8 Å². The molecule has 3 heterocycles. The van der Waals surface area contributed by atoms with Crippen LogP contribution in [0.2, 0.25) is 5.02 Å². The molecule has 2 aromatic carbocycles. The van der Waals surface area contributed by atoms with Gasteiger partial charge in [-0.15, -0.1) is 0 Å². The van der Waals surface area contributed by atoms with E-state index in [-0.39, 0.29) is 39.5 Å². The molecule has 5 aromatic rings. The molecule has 0 aliphatic heterocycles. The van der Waals surface area contributed by atoms with Crippen molar-refractivity contribution < 1.29 is 39.6 Å². The molecule has 1 amide bonds. The molecular weight excluding hydrogens is 750 g/mol. The van der Waals surface area contributed by atoms with Crippen molar-refractivity contribution in [2.24, 2.45) is 13.0 Å². The first-order valence-electron chi connectivity index (χ1n) is 16.0. The first kappa shape index (κ1) is 36.3. The van der Waals surface area contributed by atoms with Crippen LogP contribution in [-0.2, 0) is 40.8 Å². The summed E-state index contributed by atoms with van der Waals surface area (Å²) in [5.41, 5.74) is -0.122. The molecule has 0 unspecified atom stereocenters. The number of pyridine rings is 1. The predicted molar refractivity (Wildman–Crippen MR) is 184 cm³/mol. The van der Waals surface area contributed by atoms with Gasteiger partial charge < -0.3 is 10.6 Å². The smallest absolute Gasteiger partial charge is 0.296 e. The van der Waals surface area contributed by atoms with E-state index in [4.69, 9.17) is 11.6 Å². The zero-order valence-electron chi connectivity index (χ0n) is 27.9. The summed E-state index contributed by atoms with van der Waals surface area (Å²) in [7, 11) is -0.623. The number of rotatable bonds is 11. The van der Waals surface area contributed by atoms with Gasteiger partial charge in [-0.25, -0.2) is 26.0 Å². The Morgan fingerprint density at radius 2 is 1.75 bits per heavy atom. The number of hydrogen-bond acceptors (Lipinski definition) is 7. The van der Waals surface area contributed by atoms with Gasteiger partial charge in [0.15, 0.2) is 5.82 Å². The van der Waals surface area contributed by atoms with Crippen LogP contribution in [0.1, 0.15) is 46.6 Å². The van der Waals surface area contributed by atoms with Gasteiger partial charge in [0.2, 0.25) is 15.9 Å². The lowest BCUT2D eigenvalue weighted by Crippen LogP contribution is -2.35. The highest BCUT2D eigenvalue weighted by atomic mass is 35.5. The number of aromatic nitrogens is 5. The lowest BCUT2D eigenvalue weighted by molar-refractivity contribution is -0.123. The topological polar surface area (TPSA) is 136 Å². The van der Waals surface area contributed by atoms with Crippen molar-refractivity contribution in [1.29, 1.82) is 0 Å². The fraction of sp³-hybridized carbons (Fsp3) is 0.294. The molecule has 278 valence electrons. The molecule has 0 saturated heterocycles. The Hall–Kier alpha value is -5.10. The average molecular weight is 779 g/mol. The number of amides is 1.